The first-order valence-corrected chi connectivity index (χ1v) is 6.70. The molecule has 0 bridgehead atoms. The average Bonchev–Trinajstić information content (AvgIpc) is 2.24. The Labute approximate surface area is 100 Å². The Morgan fingerprint density at radius 1 is 1.47 bits per heavy atom. The molecule has 0 spiro atoms. The van der Waals surface area contributed by atoms with Crippen LogP contribution < -0.4 is 10.2 Å². The van der Waals surface area contributed by atoms with Crippen molar-refractivity contribution in [1.29, 1.82) is 0 Å². The molecule has 0 aliphatic carbocycles. The second-order valence-electron chi connectivity index (χ2n) is 3.69. The zero-order chi connectivity index (χ0) is 12.9. The summed E-state index contributed by atoms with van der Waals surface area (Å²) in [6.45, 7) is 4.11. The van der Waals surface area contributed by atoms with Gasteiger partial charge in [-0.25, -0.2) is 13.1 Å². The van der Waals surface area contributed by atoms with Gasteiger partial charge in [-0.3, -0.25) is 4.79 Å². The van der Waals surface area contributed by atoms with Crippen molar-refractivity contribution in [2.24, 2.45) is 0 Å². The molecule has 0 amide bonds. The maximum Gasteiger partial charge on any atom is 0.245 e. The number of hydrogen-bond donors (Lipinski definition) is 2. The molecular weight excluding hydrogens is 244 g/mol. The van der Waals surface area contributed by atoms with E-state index in [1.165, 1.54) is 12.3 Å². The van der Waals surface area contributed by atoms with Gasteiger partial charge in [-0.1, -0.05) is 0 Å². The van der Waals surface area contributed by atoms with Crippen molar-refractivity contribution >= 4 is 10.0 Å². The topological polar surface area (TPSA) is 88.3 Å². The smallest absolute Gasteiger partial charge is 0.245 e. The zero-order valence-electron chi connectivity index (χ0n) is 9.76. The van der Waals surface area contributed by atoms with E-state index in [0.717, 1.165) is 6.20 Å². The summed E-state index contributed by atoms with van der Waals surface area (Å²) in [5, 5.41) is 0. The highest BCUT2D eigenvalue weighted by atomic mass is 32.2. The second kappa shape index (κ2) is 5.95. The van der Waals surface area contributed by atoms with E-state index in [1.54, 1.807) is 0 Å². The molecule has 0 aliphatic heterocycles. The molecule has 0 saturated carbocycles. The molecule has 17 heavy (non-hydrogen) atoms. The largest absolute Gasteiger partial charge is 0.377 e. The van der Waals surface area contributed by atoms with Gasteiger partial charge in [-0.05, 0) is 13.8 Å². The van der Waals surface area contributed by atoms with E-state index >= 15 is 0 Å². The van der Waals surface area contributed by atoms with Crippen LogP contribution in [0.4, 0.5) is 0 Å². The summed E-state index contributed by atoms with van der Waals surface area (Å²) in [6.07, 6.45) is 2.58. The minimum Gasteiger partial charge on any atom is -0.377 e. The molecule has 96 valence electrons. The maximum absolute atomic E-state index is 11.7. The van der Waals surface area contributed by atoms with Crippen LogP contribution in [-0.4, -0.2) is 32.7 Å². The number of aromatic nitrogens is 1. The first-order chi connectivity index (χ1) is 7.93. The number of hydrogen-bond acceptors (Lipinski definition) is 4. The van der Waals surface area contributed by atoms with E-state index in [0.29, 0.717) is 0 Å². The SMILES string of the molecule is CC(C)OCCNS(=O)(=O)c1c[nH]ccc1=O. The average molecular weight is 260 g/mol. The van der Waals surface area contributed by atoms with Gasteiger partial charge < -0.3 is 9.72 Å². The lowest BCUT2D eigenvalue weighted by Crippen LogP contribution is -2.31. The summed E-state index contributed by atoms with van der Waals surface area (Å²) in [7, 11) is -3.76. The third-order valence-corrected chi connectivity index (χ3v) is 3.41. The Hall–Kier alpha value is -1.18. The molecule has 0 fully saturated rings. The Morgan fingerprint density at radius 3 is 2.76 bits per heavy atom. The van der Waals surface area contributed by atoms with Gasteiger partial charge in [0.25, 0.3) is 0 Å². The fourth-order valence-corrected chi connectivity index (χ4v) is 2.22. The standard InChI is InChI=1S/C10H16N2O4S/c1-8(2)16-6-5-12-17(14,15)10-7-11-4-3-9(10)13/h3-4,7-8,12H,5-6H2,1-2H3,(H,11,13). The van der Waals surface area contributed by atoms with Crippen molar-refractivity contribution in [3.8, 4) is 0 Å². The van der Waals surface area contributed by atoms with Crippen LogP contribution in [0.25, 0.3) is 0 Å². The molecule has 7 heteroatoms. The molecule has 1 aromatic heterocycles. The van der Waals surface area contributed by atoms with Crippen molar-refractivity contribution in [1.82, 2.24) is 9.71 Å². The molecule has 0 aliphatic rings. The summed E-state index contributed by atoms with van der Waals surface area (Å²) in [4.78, 5) is 13.6. The van der Waals surface area contributed by atoms with Crippen LogP contribution in [-0.2, 0) is 14.8 Å². The fourth-order valence-electron chi connectivity index (χ4n) is 1.16. The van der Waals surface area contributed by atoms with Crippen molar-refractivity contribution in [3.63, 3.8) is 0 Å². The van der Waals surface area contributed by atoms with Crippen LogP contribution in [0.1, 0.15) is 13.8 Å². The van der Waals surface area contributed by atoms with Crippen LogP contribution in [0.5, 0.6) is 0 Å². The lowest BCUT2D eigenvalue weighted by Gasteiger charge is -2.08. The van der Waals surface area contributed by atoms with Gasteiger partial charge in [0.05, 0.1) is 12.7 Å². The Bertz CT molecular complexity index is 507. The molecule has 6 nitrogen and oxygen atoms in total. The molecular formula is C10H16N2O4S. The lowest BCUT2D eigenvalue weighted by atomic mass is 10.5. The van der Waals surface area contributed by atoms with Gasteiger partial charge in [0.2, 0.25) is 15.5 Å². The third-order valence-electron chi connectivity index (χ3n) is 1.92. The zero-order valence-corrected chi connectivity index (χ0v) is 10.6. The summed E-state index contributed by atoms with van der Waals surface area (Å²) in [5.41, 5.74) is -0.541. The van der Waals surface area contributed by atoms with Crippen LogP contribution in [0.2, 0.25) is 0 Å². The van der Waals surface area contributed by atoms with E-state index in [-0.39, 0.29) is 24.2 Å². The quantitative estimate of drug-likeness (QED) is 0.709. The maximum atomic E-state index is 11.7. The van der Waals surface area contributed by atoms with Crippen molar-refractivity contribution in [2.75, 3.05) is 13.2 Å². The molecule has 0 saturated heterocycles. The second-order valence-corrected chi connectivity index (χ2v) is 5.43. The predicted octanol–water partition coefficient (Wildman–Crippen LogP) is 0.0782. The molecule has 2 N–H and O–H groups in total. The van der Waals surface area contributed by atoms with Crippen molar-refractivity contribution < 1.29 is 13.2 Å². The van der Waals surface area contributed by atoms with Crippen molar-refractivity contribution in [2.45, 2.75) is 24.8 Å². The van der Waals surface area contributed by atoms with Crippen LogP contribution in [0.3, 0.4) is 0 Å². The predicted molar refractivity (Wildman–Crippen MR) is 63.3 cm³/mol. The van der Waals surface area contributed by atoms with Gasteiger partial charge in [0, 0.05) is 25.0 Å². The lowest BCUT2D eigenvalue weighted by molar-refractivity contribution is 0.0834. The van der Waals surface area contributed by atoms with Gasteiger partial charge in [-0.2, -0.15) is 0 Å². The molecule has 1 rings (SSSR count). The van der Waals surface area contributed by atoms with E-state index in [2.05, 4.69) is 9.71 Å². The molecule has 0 unspecified atom stereocenters. The number of ether oxygens (including phenoxy) is 1. The minimum atomic E-state index is -3.76. The number of H-pyrrole nitrogens is 1. The Balaban J connectivity index is 2.64. The van der Waals surface area contributed by atoms with E-state index in [9.17, 15) is 13.2 Å². The number of sulfonamides is 1. The highest BCUT2D eigenvalue weighted by Gasteiger charge is 2.16. The van der Waals surface area contributed by atoms with Gasteiger partial charge in [0.1, 0.15) is 4.90 Å². The first-order valence-electron chi connectivity index (χ1n) is 5.22. The van der Waals surface area contributed by atoms with Crippen LogP contribution in [0, 0.1) is 0 Å². The molecule has 0 atom stereocenters. The molecule has 0 radical (unpaired) electrons. The molecule has 1 heterocycles. The normalized spacial score (nSPS) is 11.9. The highest BCUT2D eigenvalue weighted by molar-refractivity contribution is 7.89. The highest BCUT2D eigenvalue weighted by Crippen LogP contribution is 1.99. The monoisotopic (exact) mass is 260 g/mol. The minimum absolute atomic E-state index is 0.0413. The summed E-state index contributed by atoms with van der Waals surface area (Å²) in [5.74, 6) is 0. The van der Waals surface area contributed by atoms with Gasteiger partial charge in [0.15, 0.2) is 0 Å². The molecule has 0 aromatic carbocycles. The Morgan fingerprint density at radius 2 is 2.18 bits per heavy atom. The van der Waals surface area contributed by atoms with E-state index < -0.39 is 15.5 Å². The number of pyridine rings is 1. The van der Waals surface area contributed by atoms with Crippen LogP contribution >= 0.6 is 0 Å². The summed E-state index contributed by atoms with van der Waals surface area (Å²) >= 11 is 0. The first kappa shape index (κ1) is 13.9. The van der Waals surface area contributed by atoms with E-state index in [4.69, 9.17) is 4.74 Å². The number of aromatic amines is 1. The molecule has 1 aromatic rings. The summed E-state index contributed by atoms with van der Waals surface area (Å²) < 4.78 is 30.9. The number of nitrogens with one attached hydrogen (secondary N) is 2. The Kier molecular flexibility index (Phi) is 4.86. The van der Waals surface area contributed by atoms with Crippen molar-refractivity contribution in [3.05, 3.63) is 28.7 Å². The van der Waals surface area contributed by atoms with E-state index in [1.807, 2.05) is 13.8 Å². The summed E-state index contributed by atoms with van der Waals surface area (Å²) in [6, 6.07) is 1.17. The number of rotatable bonds is 6. The van der Waals surface area contributed by atoms with Crippen LogP contribution in [0.15, 0.2) is 28.2 Å². The fraction of sp³-hybridized carbons (Fsp3) is 0.500. The van der Waals surface area contributed by atoms with Gasteiger partial charge in [-0.15, -0.1) is 0 Å². The third kappa shape index (κ3) is 4.29. The van der Waals surface area contributed by atoms with Gasteiger partial charge >= 0.3 is 0 Å².